The minimum absolute atomic E-state index is 0.0729. The Labute approximate surface area is 72.9 Å². The van der Waals surface area contributed by atoms with Crippen LogP contribution in [0.4, 0.5) is 0 Å². The van der Waals surface area contributed by atoms with Gasteiger partial charge < -0.3 is 10.8 Å². The molecule has 1 aliphatic rings. The van der Waals surface area contributed by atoms with E-state index in [0.717, 1.165) is 25.7 Å². The van der Waals surface area contributed by atoms with Crippen molar-refractivity contribution >= 4 is 5.91 Å². The fourth-order valence-electron chi connectivity index (χ4n) is 1.87. The van der Waals surface area contributed by atoms with Crippen LogP contribution in [0.15, 0.2) is 0 Å². The zero-order valence-corrected chi connectivity index (χ0v) is 7.55. The van der Waals surface area contributed by atoms with Crippen LogP contribution >= 0.6 is 0 Å². The molecule has 0 aromatic carbocycles. The number of amides is 1. The number of rotatable bonds is 2. The summed E-state index contributed by atoms with van der Waals surface area (Å²) < 4.78 is 0. The standard InChI is InChI=1S/C9H17NO2/c1-9(12,8(10)11)7-5-3-2-4-6-7/h7,12H,2-6H2,1H3,(H2,10,11)/t9-/m1/s1. The normalized spacial score (nSPS) is 24.8. The monoisotopic (exact) mass is 171 g/mol. The van der Waals surface area contributed by atoms with Crippen LogP contribution in [0.5, 0.6) is 0 Å². The van der Waals surface area contributed by atoms with Crippen LogP contribution in [0.1, 0.15) is 39.0 Å². The van der Waals surface area contributed by atoms with Gasteiger partial charge in [0.1, 0.15) is 5.60 Å². The summed E-state index contributed by atoms with van der Waals surface area (Å²) in [4.78, 5) is 10.9. The molecule has 1 saturated carbocycles. The van der Waals surface area contributed by atoms with E-state index >= 15 is 0 Å². The fourth-order valence-corrected chi connectivity index (χ4v) is 1.87. The van der Waals surface area contributed by atoms with Crippen LogP contribution in [0, 0.1) is 5.92 Å². The second-order valence-corrected chi connectivity index (χ2v) is 3.85. The number of hydrogen-bond acceptors (Lipinski definition) is 2. The summed E-state index contributed by atoms with van der Waals surface area (Å²) in [5.41, 5.74) is 3.82. The molecule has 0 aromatic heterocycles. The van der Waals surface area contributed by atoms with Crippen molar-refractivity contribution in [1.82, 2.24) is 0 Å². The van der Waals surface area contributed by atoms with Crippen molar-refractivity contribution in [3.63, 3.8) is 0 Å². The van der Waals surface area contributed by atoms with Crippen molar-refractivity contribution in [3.05, 3.63) is 0 Å². The average molecular weight is 171 g/mol. The van der Waals surface area contributed by atoms with Gasteiger partial charge in [-0.1, -0.05) is 19.3 Å². The molecule has 1 rings (SSSR count). The minimum Gasteiger partial charge on any atom is -0.380 e. The van der Waals surface area contributed by atoms with E-state index in [1.165, 1.54) is 13.3 Å². The highest BCUT2D eigenvalue weighted by molar-refractivity contribution is 5.83. The van der Waals surface area contributed by atoms with Gasteiger partial charge in [-0.2, -0.15) is 0 Å². The van der Waals surface area contributed by atoms with Gasteiger partial charge in [-0.3, -0.25) is 4.79 Å². The van der Waals surface area contributed by atoms with Crippen molar-refractivity contribution in [2.75, 3.05) is 0 Å². The number of carbonyl (C=O) groups is 1. The highest BCUT2D eigenvalue weighted by Gasteiger charge is 2.37. The summed E-state index contributed by atoms with van der Waals surface area (Å²) in [6, 6.07) is 0. The van der Waals surface area contributed by atoms with E-state index in [-0.39, 0.29) is 5.92 Å². The Morgan fingerprint density at radius 1 is 1.42 bits per heavy atom. The Morgan fingerprint density at radius 3 is 2.33 bits per heavy atom. The predicted molar refractivity (Wildman–Crippen MR) is 46.4 cm³/mol. The number of carbonyl (C=O) groups excluding carboxylic acids is 1. The molecule has 0 spiro atoms. The smallest absolute Gasteiger partial charge is 0.249 e. The van der Waals surface area contributed by atoms with E-state index < -0.39 is 11.5 Å². The van der Waals surface area contributed by atoms with E-state index in [1.54, 1.807) is 0 Å². The molecule has 3 nitrogen and oxygen atoms in total. The summed E-state index contributed by atoms with van der Waals surface area (Å²) in [7, 11) is 0. The van der Waals surface area contributed by atoms with Gasteiger partial charge in [0.15, 0.2) is 0 Å². The maximum atomic E-state index is 10.9. The highest BCUT2D eigenvalue weighted by Crippen LogP contribution is 2.32. The first kappa shape index (κ1) is 9.52. The molecule has 0 radical (unpaired) electrons. The zero-order valence-electron chi connectivity index (χ0n) is 7.55. The molecule has 1 aliphatic carbocycles. The molecule has 3 N–H and O–H groups in total. The third-order valence-electron chi connectivity index (χ3n) is 2.90. The summed E-state index contributed by atoms with van der Waals surface area (Å²) >= 11 is 0. The predicted octanol–water partition coefficient (Wildman–Crippen LogP) is 0.803. The SMILES string of the molecule is C[C@](O)(C(N)=O)C1CCCCC1. The van der Waals surface area contributed by atoms with Gasteiger partial charge in [0.2, 0.25) is 5.91 Å². The lowest BCUT2D eigenvalue weighted by atomic mass is 9.77. The molecule has 3 heteroatoms. The van der Waals surface area contributed by atoms with Crippen LogP contribution in [-0.4, -0.2) is 16.6 Å². The Bertz CT molecular complexity index is 171. The minimum atomic E-state index is -1.29. The van der Waals surface area contributed by atoms with Crippen LogP contribution < -0.4 is 5.73 Å². The van der Waals surface area contributed by atoms with Crippen molar-refractivity contribution < 1.29 is 9.90 Å². The number of aliphatic hydroxyl groups is 1. The molecular weight excluding hydrogens is 154 g/mol. The van der Waals surface area contributed by atoms with Gasteiger partial charge in [-0.15, -0.1) is 0 Å². The van der Waals surface area contributed by atoms with Crippen LogP contribution in [0.3, 0.4) is 0 Å². The van der Waals surface area contributed by atoms with Crippen molar-refractivity contribution in [2.24, 2.45) is 11.7 Å². The molecule has 1 amide bonds. The molecule has 0 bridgehead atoms. The van der Waals surface area contributed by atoms with Gasteiger partial charge in [-0.25, -0.2) is 0 Å². The summed E-state index contributed by atoms with van der Waals surface area (Å²) in [6.07, 6.45) is 5.28. The molecular formula is C9H17NO2. The van der Waals surface area contributed by atoms with Gasteiger partial charge in [0.05, 0.1) is 0 Å². The summed E-state index contributed by atoms with van der Waals surface area (Å²) in [5.74, 6) is -0.516. The largest absolute Gasteiger partial charge is 0.380 e. The zero-order chi connectivity index (χ0) is 9.19. The van der Waals surface area contributed by atoms with Gasteiger partial charge in [-0.05, 0) is 25.7 Å². The van der Waals surface area contributed by atoms with E-state index in [2.05, 4.69) is 0 Å². The van der Waals surface area contributed by atoms with Crippen molar-refractivity contribution in [1.29, 1.82) is 0 Å². The Hall–Kier alpha value is -0.570. The molecule has 1 fully saturated rings. The van der Waals surface area contributed by atoms with Crippen molar-refractivity contribution in [3.8, 4) is 0 Å². The topological polar surface area (TPSA) is 63.3 Å². The fraction of sp³-hybridized carbons (Fsp3) is 0.889. The maximum Gasteiger partial charge on any atom is 0.249 e. The van der Waals surface area contributed by atoms with Crippen LogP contribution in [0.25, 0.3) is 0 Å². The van der Waals surface area contributed by atoms with Crippen LogP contribution in [-0.2, 0) is 4.79 Å². The van der Waals surface area contributed by atoms with E-state index in [1.807, 2.05) is 0 Å². The molecule has 0 heterocycles. The van der Waals surface area contributed by atoms with Crippen LogP contribution in [0.2, 0.25) is 0 Å². The van der Waals surface area contributed by atoms with Gasteiger partial charge in [0, 0.05) is 0 Å². The average Bonchev–Trinajstić information content (AvgIpc) is 2.06. The summed E-state index contributed by atoms with van der Waals surface area (Å²) in [6.45, 7) is 1.53. The molecule has 0 aliphatic heterocycles. The first-order chi connectivity index (χ1) is 5.55. The van der Waals surface area contributed by atoms with Gasteiger partial charge >= 0.3 is 0 Å². The second kappa shape index (κ2) is 3.44. The second-order valence-electron chi connectivity index (χ2n) is 3.85. The number of nitrogens with two attached hydrogens (primary N) is 1. The highest BCUT2D eigenvalue weighted by atomic mass is 16.3. The molecule has 1 atom stereocenters. The van der Waals surface area contributed by atoms with E-state index in [9.17, 15) is 9.90 Å². The lowest BCUT2D eigenvalue weighted by Crippen LogP contribution is -2.47. The van der Waals surface area contributed by atoms with E-state index in [4.69, 9.17) is 5.73 Å². The Morgan fingerprint density at radius 2 is 1.92 bits per heavy atom. The number of primary amides is 1. The third kappa shape index (κ3) is 1.78. The Balaban J connectivity index is 2.59. The maximum absolute atomic E-state index is 10.9. The van der Waals surface area contributed by atoms with E-state index in [0.29, 0.717) is 0 Å². The quantitative estimate of drug-likeness (QED) is 0.645. The molecule has 0 saturated heterocycles. The third-order valence-corrected chi connectivity index (χ3v) is 2.90. The molecule has 0 unspecified atom stereocenters. The summed E-state index contributed by atoms with van der Waals surface area (Å²) in [5, 5.41) is 9.74. The lowest BCUT2D eigenvalue weighted by Gasteiger charge is -2.32. The first-order valence-corrected chi connectivity index (χ1v) is 4.57. The van der Waals surface area contributed by atoms with Gasteiger partial charge in [0.25, 0.3) is 0 Å². The Kier molecular flexibility index (Phi) is 2.73. The lowest BCUT2D eigenvalue weighted by molar-refractivity contribution is -0.141. The molecule has 0 aromatic rings. The first-order valence-electron chi connectivity index (χ1n) is 4.57. The molecule has 70 valence electrons. The molecule has 12 heavy (non-hydrogen) atoms. The number of hydrogen-bond donors (Lipinski definition) is 2. The van der Waals surface area contributed by atoms with Crippen molar-refractivity contribution in [2.45, 2.75) is 44.6 Å².